The van der Waals surface area contributed by atoms with Crippen LogP contribution in [0.25, 0.3) is 0 Å². The zero-order chi connectivity index (χ0) is 16.9. The number of benzene rings is 1. The molecule has 1 aromatic heterocycles. The summed E-state index contributed by atoms with van der Waals surface area (Å²) < 4.78 is 20.6. The third-order valence-electron chi connectivity index (χ3n) is 3.39. The second-order valence-electron chi connectivity index (χ2n) is 6.32. The van der Waals surface area contributed by atoms with Gasteiger partial charge < -0.3 is 10.1 Å². The quantitative estimate of drug-likeness (QED) is 0.884. The number of halogens is 1. The largest absolute Gasteiger partial charge is 0.488 e. The van der Waals surface area contributed by atoms with Crippen molar-refractivity contribution in [2.75, 3.05) is 6.61 Å². The molecule has 1 aromatic carbocycles. The molecule has 124 valence electrons. The maximum Gasteiger partial charge on any atom is 0.242 e. The van der Waals surface area contributed by atoms with Crippen molar-refractivity contribution in [2.45, 2.75) is 33.4 Å². The number of amides is 1. The Labute approximate surface area is 134 Å². The van der Waals surface area contributed by atoms with Crippen molar-refractivity contribution in [3.05, 3.63) is 42.7 Å². The predicted octanol–water partition coefficient (Wildman–Crippen LogP) is 2.03. The predicted molar refractivity (Wildman–Crippen MR) is 83.3 cm³/mol. The molecule has 0 aliphatic carbocycles. The molecule has 1 N–H and O–H groups in total. The third kappa shape index (κ3) is 5.05. The van der Waals surface area contributed by atoms with Gasteiger partial charge in [-0.25, -0.2) is 14.1 Å². The highest BCUT2D eigenvalue weighted by molar-refractivity contribution is 5.76. The van der Waals surface area contributed by atoms with Gasteiger partial charge in [0.2, 0.25) is 5.91 Å². The van der Waals surface area contributed by atoms with E-state index in [9.17, 15) is 9.18 Å². The number of aromatic nitrogens is 3. The first-order valence-corrected chi connectivity index (χ1v) is 7.35. The smallest absolute Gasteiger partial charge is 0.242 e. The van der Waals surface area contributed by atoms with Crippen LogP contribution < -0.4 is 10.1 Å². The molecule has 0 spiro atoms. The highest BCUT2D eigenvalue weighted by Crippen LogP contribution is 2.22. The van der Waals surface area contributed by atoms with Crippen LogP contribution in [0.5, 0.6) is 5.75 Å². The van der Waals surface area contributed by atoms with Gasteiger partial charge >= 0.3 is 0 Å². The van der Waals surface area contributed by atoms with Crippen LogP contribution in [0.3, 0.4) is 0 Å². The summed E-state index contributed by atoms with van der Waals surface area (Å²) >= 11 is 0. The molecule has 1 amide bonds. The first-order chi connectivity index (χ1) is 10.9. The Kier molecular flexibility index (Phi) is 5.31. The SMILES string of the molecule is CC(C)(C)[C@H](COc1ccccc1F)NC(=O)Cn1cncn1. The molecule has 23 heavy (non-hydrogen) atoms. The van der Waals surface area contributed by atoms with Crippen LogP contribution in [0.1, 0.15) is 20.8 Å². The van der Waals surface area contributed by atoms with Crippen molar-refractivity contribution in [3.8, 4) is 5.75 Å². The molecule has 0 saturated carbocycles. The molecular formula is C16H21FN4O2. The van der Waals surface area contributed by atoms with Gasteiger partial charge in [-0.2, -0.15) is 5.10 Å². The number of nitrogens with one attached hydrogen (secondary N) is 1. The first kappa shape index (κ1) is 16.9. The van der Waals surface area contributed by atoms with Crippen molar-refractivity contribution in [3.63, 3.8) is 0 Å². The first-order valence-electron chi connectivity index (χ1n) is 7.35. The summed E-state index contributed by atoms with van der Waals surface area (Å²) in [6.45, 7) is 6.20. The monoisotopic (exact) mass is 320 g/mol. The maximum atomic E-state index is 13.6. The van der Waals surface area contributed by atoms with Crippen LogP contribution in [-0.2, 0) is 11.3 Å². The molecule has 1 atom stereocenters. The molecule has 0 unspecified atom stereocenters. The van der Waals surface area contributed by atoms with Crippen molar-refractivity contribution in [1.82, 2.24) is 20.1 Å². The zero-order valence-corrected chi connectivity index (χ0v) is 13.5. The summed E-state index contributed by atoms with van der Waals surface area (Å²) in [6.07, 6.45) is 2.84. The van der Waals surface area contributed by atoms with E-state index in [0.717, 1.165) is 0 Å². The molecule has 0 fully saturated rings. The van der Waals surface area contributed by atoms with E-state index in [1.54, 1.807) is 18.2 Å². The molecule has 0 aliphatic rings. The van der Waals surface area contributed by atoms with Gasteiger partial charge in [0.05, 0.1) is 6.04 Å². The fourth-order valence-corrected chi connectivity index (χ4v) is 1.94. The minimum absolute atomic E-state index is 0.0757. The zero-order valence-electron chi connectivity index (χ0n) is 13.5. The second-order valence-corrected chi connectivity index (χ2v) is 6.32. The lowest BCUT2D eigenvalue weighted by Gasteiger charge is -2.31. The Morgan fingerprint density at radius 2 is 2.13 bits per heavy atom. The number of para-hydroxylation sites is 1. The summed E-state index contributed by atoms with van der Waals surface area (Å²) in [5.74, 6) is -0.450. The van der Waals surface area contributed by atoms with E-state index in [-0.39, 0.29) is 36.3 Å². The highest BCUT2D eigenvalue weighted by Gasteiger charge is 2.27. The number of hydrogen-bond acceptors (Lipinski definition) is 4. The van der Waals surface area contributed by atoms with E-state index in [4.69, 9.17) is 4.74 Å². The van der Waals surface area contributed by atoms with Crippen LogP contribution in [-0.4, -0.2) is 33.3 Å². The van der Waals surface area contributed by atoms with Gasteiger partial charge in [-0.3, -0.25) is 4.79 Å². The van der Waals surface area contributed by atoms with E-state index in [1.165, 1.54) is 23.4 Å². The van der Waals surface area contributed by atoms with E-state index in [0.29, 0.717) is 0 Å². The van der Waals surface area contributed by atoms with E-state index in [1.807, 2.05) is 20.8 Å². The third-order valence-corrected chi connectivity index (χ3v) is 3.39. The van der Waals surface area contributed by atoms with Crippen LogP contribution in [0.4, 0.5) is 4.39 Å². The Bertz CT molecular complexity index is 638. The fraction of sp³-hybridized carbons (Fsp3) is 0.438. The number of ether oxygens (including phenoxy) is 1. The van der Waals surface area contributed by atoms with Gasteiger partial charge in [0, 0.05) is 0 Å². The van der Waals surface area contributed by atoms with Crippen molar-refractivity contribution < 1.29 is 13.9 Å². The highest BCUT2D eigenvalue weighted by atomic mass is 19.1. The standard InChI is InChI=1S/C16H21FN4O2/c1-16(2,3)14(9-23-13-7-5-4-6-12(13)17)20-15(22)8-21-11-18-10-19-21/h4-7,10-11,14H,8-9H2,1-3H3,(H,20,22)/t14-/m0/s1. The second kappa shape index (κ2) is 7.21. The van der Waals surface area contributed by atoms with Gasteiger partial charge in [0.1, 0.15) is 25.8 Å². The summed E-state index contributed by atoms with van der Waals surface area (Å²) in [7, 11) is 0. The molecule has 2 rings (SSSR count). The van der Waals surface area contributed by atoms with Crippen molar-refractivity contribution >= 4 is 5.91 Å². The molecule has 2 aromatic rings. The van der Waals surface area contributed by atoms with Crippen LogP contribution >= 0.6 is 0 Å². The summed E-state index contributed by atoms with van der Waals surface area (Å²) in [5.41, 5.74) is -0.247. The summed E-state index contributed by atoms with van der Waals surface area (Å²) in [6, 6.07) is 5.92. The summed E-state index contributed by atoms with van der Waals surface area (Å²) in [4.78, 5) is 15.9. The Balaban J connectivity index is 1.97. The van der Waals surface area contributed by atoms with Crippen LogP contribution in [0.2, 0.25) is 0 Å². The average molecular weight is 320 g/mol. The number of nitrogens with zero attached hydrogens (tertiary/aromatic N) is 3. The lowest BCUT2D eigenvalue weighted by molar-refractivity contribution is -0.123. The minimum atomic E-state index is -0.422. The van der Waals surface area contributed by atoms with Crippen molar-refractivity contribution in [2.24, 2.45) is 5.41 Å². The summed E-state index contributed by atoms with van der Waals surface area (Å²) in [5, 5.41) is 6.80. The number of rotatable bonds is 6. The van der Waals surface area contributed by atoms with E-state index < -0.39 is 5.82 Å². The molecular weight excluding hydrogens is 299 g/mol. The number of hydrogen-bond donors (Lipinski definition) is 1. The topological polar surface area (TPSA) is 69.0 Å². The van der Waals surface area contributed by atoms with Crippen LogP contribution in [0, 0.1) is 11.2 Å². The molecule has 0 aliphatic heterocycles. The Hall–Kier alpha value is -2.44. The lowest BCUT2D eigenvalue weighted by Crippen LogP contribution is -2.48. The normalized spacial score (nSPS) is 12.7. The minimum Gasteiger partial charge on any atom is -0.488 e. The van der Waals surface area contributed by atoms with Crippen LogP contribution in [0.15, 0.2) is 36.9 Å². The van der Waals surface area contributed by atoms with Gasteiger partial charge in [-0.1, -0.05) is 32.9 Å². The molecule has 0 radical (unpaired) electrons. The lowest BCUT2D eigenvalue weighted by atomic mass is 9.87. The maximum absolute atomic E-state index is 13.6. The molecule has 0 saturated heterocycles. The van der Waals surface area contributed by atoms with Gasteiger partial charge in [-0.05, 0) is 17.5 Å². The van der Waals surface area contributed by atoms with Crippen molar-refractivity contribution in [1.29, 1.82) is 0 Å². The van der Waals surface area contributed by atoms with Gasteiger partial charge in [0.25, 0.3) is 0 Å². The molecule has 7 heteroatoms. The molecule has 1 heterocycles. The molecule has 0 bridgehead atoms. The number of carbonyl (C=O) groups is 1. The van der Waals surface area contributed by atoms with Gasteiger partial charge in [-0.15, -0.1) is 0 Å². The average Bonchev–Trinajstić information content (AvgIpc) is 2.96. The van der Waals surface area contributed by atoms with E-state index >= 15 is 0 Å². The fourth-order valence-electron chi connectivity index (χ4n) is 1.94. The number of carbonyl (C=O) groups excluding carboxylic acids is 1. The Morgan fingerprint density at radius 3 is 2.74 bits per heavy atom. The van der Waals surface area contributed by atoms with E-state index in [2.05, 4.69) is 15.4 Å². The van der Waals surface area contributed by atoms with Gasteiger partial charge in [0.15, 0.2) is 11.6 Å². The molecule has 6 nitrogen and oxygen atoms in total. The Morgan fingerprint density at radius 1 is 1.39 bits per heavy atom.